The third-order valence-corrected chi connectivity index (χ3v) is 6.20. The molecule has 0 saturated heterocycles. The second kappa shape index (κ2) is 16.9. The molecule has 0 aliphatic rings. The lowest BCUT2D eigenvalue weighted by molar-refractivity contribution is -0.142. The zero-order valence-corrected chi connectivity index (χ0v) is 22.2. The van der Waals surface area contributed by atoms with Gasteiger partial charge >= 0.3 is 11.9 Å². The van der Waals surface area contributed by atoms with Crippen LogP contribution in [0.2, 0.25) is 0 Å². The smallest absolute Gasteiger partial charge is 0.326 e. The summed E-state index contributed by atoms with van der Waals surface area (Å²) in [7, 11) is 0. The van der Waals surface area contributed by atoms with E-state index in [0.29, 0.717) is 17.7 Å². The van der Waals surface area contributed by atoms with E-state index >= 15 is 0 Å². The van der Waals surface area contributed by atoms with E-state index in [9.17, 15) is 39.0 Å². The third-order valence-electron chi connectivity index (χ3n) is 5.55. The van der Waals surface area contributed by atoms with Crippen molar-refractivity contribution in [3.8, 4) is 5.75 Å². The molecule has 14 nitrogen and oxygen atoms in total. The van der Waals surface area contributed by atoms with E-state index in [1.54, 1.807) is 0 Å². The molecule has 0 aliphatic carbocycles. The van der Waals surface area contributed by atoms with Crippen molar-refractivity contribution in [2.24, 2.45) is 11.5 Å². The Balaban J connectivity index is 3.16. The molecule has 0 bridgehead atoms. The number of carboxylic acid groups (broad SMARTS) is 2. The number of phenols is 1. The predicted molar refractivity (Wildman–Crippen MR) is 142 cm³/mol. The molecule has 216 valence electrons. The van der Waals surface area contributed by atoms with Gasteiger partial charge in [-0.05, 0) is 49.0 Å². The fourth-order valence-corrected chi connectivity index (χ4v) is 3.85. The van der Waals surface area contributed by atoms with Crippen LogP contribution in [0.3, 0.4) is 0 Å². The van der Waals surface area contributed by atoms with E-state index in [1.807, 2.05) is 6.26 Å². The highest BCUT2D eigenvalue weighted by Crippen LogP contribution is 2.12. The normalized spacial score (nSPS) is 13.8. The Morgan fingerprint density at radius 3 is 1.90 bits per heavy atom. The number of nitrogens with one attached hydrogen (secondary N) is 3. The highest BCUT2D eigenvalue weighted by molar-refractivity contribution is 7.98. The van der Waals surface area contributed by atoms with Gasteiger partial charge in [-0.2, -0.15) is 11.8 Å². The first-order valence-electron chi connectivity index (χ1n) is 12.0. The molecule has 0 aromatic heterocycles. The van der Waals surface area contributed by atoms with Crippen molar-refractivity contribution in [2.75, 3.05) is 12.0 Å². The van der Waals surface area contributed by atoms with Gasteiger partial charge in [0.05, 0.1) is 6.04 Å². The summed E-state index contributed by atoms with van der Waals surface area (Å²) in [6.07, 6.45) is 0.623. The van der Waals surface area contributed by atoms with Crippen LogP contribution in [0, 0.1) is 0 Å². The molecule has 15 heteroatoms. The number of benzene rings is 1. The van der Waals surface area contributed by atoms with Crippen LogP contribution >= 0.6 is 11.8 Å². The Kier molecular flexibility index (Phi) is 14.4. The largest absolute Gasteiger partial charge is 0.508 e. The second-order valence-corrected chi connectivity index (χ2v) is 9.70. The van der Waals surface area contributed by atoms with Crippen LogP contribution in [-0.4, -0.2) is 87.1 Å². The first-order valence-corrected chi connectivity index (χ1v) is 13.4. The number of carboxylic acids is 2. The quantitative estimate of drug-likeness (QED) is 0.103. The molecule has 1 rings (SSSR count). The molecule has 0 heterocycles. The summed E-state index contributed by atoms with van der Waals surface area (Å²) in [5.74, 6) is -5.34. The number of nitrogens with two attached hydrogens (primary N) is 2. The average molecular weight is 570 g/mol. The minimum absolute atomic E-state index is 0.0459. The summed E-state index contributed by atoms with van der Waals surface area (Å²) >= 11 is 1.47. The monoisotopic (exact) mass is 569 g/mol. The number of aliphatic carboxylic acids is 2. The minimum atomic E-state index is -1.49. The molecule has 4 unspecified atom stereocenters. The standard InChI is InChI=1S/C24H35N5O9S/c1-39-11-10-15(25)21(34)27-16(7-9-20(32)33)22(35)29-18(12-13-2-4-14(30)5-3-13)23(36)28-17(24(37)38)6-8-19(26)31/h2-5,15-18,30H,6-12,25H2,1H3,(H2,26,31)(H,27,34)(H,28,36)(H,29,35)(H,32,33)(H,37,38). The van der Waals surface area contributed by atoms with Crippen LogP contribution in [0.5, 0.6) is 5.75 Å². The molecule has 0 aliphatic heterocycles. The van der Waals surface area contributed by atoms with Gasteiger partial charge in [-0.25, -0.2) is 4.79 Å². The Morgan fingerprint density at radius 2 is 1.36 bits per heavy atom. The lowest BCUT2D eigenvalue weighted by Gasteiger charge is -2.25. The Labute approximate surface area is 229 Å². The van der Waals surface area contributed by atoms with E-state index < -0.39 is 66.2 Å². The van der Waals surface area contributed by atoms with Gasteiger partial charge < -0.3 is 42.7 Å². The van der Waals surface area contributed by atoms with Crippen LogP contribution in [0.25, 0.3) is 0 Å². The van der Waals surface area contributed by atoms with E-state index in [1.165, 1.54) is 36.0 Å². The van der Waals surface area contributed by atoms with Crippen molar-refractivity contribution >= 4 is 47.3 Å². The number of phenolic OH excluding ortho intramolecular Hbond substituents is 1. The number of primary amides is 1. The number of carbonyl (C=O) groups is 6. The number of amides is 4. The summed E-state index contributed by atoms with van der Waals surface area (Å²) in [6.45, 7) is 0. The van der Waals surface area contributed by atoms with Crippen molar-refractivity contribution in [3.05, 3.63) is 29.8 Å². The first-order chi connectivity index (χ1) is 18.3. The SMILES string of the molecule is CSCCC(N)C(=O)NC(CCC(=O)O)C(=O)NC(Cc1ccc(O)cc1)C(=O)NC(CCC(N)=O)C(=O)O. The summed E-state index contributed by atoms with van der Waals surface area (Å²) in [6, 6.07) is 0.517. The number of aromatic hydroxyl groups is 1. The molecule has 10 N–H and O–H groups in total. The lowest BCUT2D eigenvalue weighted by Crippen LogP contribution is -2.57. The van der Waals surface area contributed by atoms with Gasteiger partial charge in [-0.1, -0.05) is 12.1 Å². The van der Waals surface area contributed by atoms with E-state index in [4.69, 9.17) is 16.6 Å². The maximum atomic E-state index is 13.2. The molecular formula is C24H35N5O9S. The van der Waals surface area contributed by atoms with Crippen molar-refractivity contribution in [2.45, 2.75) is 62.7 Å². The summed E-state index contributed by atoms with van der Waals surface area (Å²) < 4.78 is 0. The maximum Gasteiger partial charge on any atom is 0.326 e. The Morgan fingerprint density at radius 1 is 0.821 bits per heavy atom. The Bertz CT molecular complexity index is 1020. The highest BCUT2D eigenvalue weighted by atomic mass is 32.2. The van der Waals surface area contributed by atoms with Crippen LogP contribution in [0.15, 0.2) is 24.3 Å². The fourth-order valence-electron chi connectivity index (χ4n) is 3.36. The molecule has 4 amide bonds. The van der Waals surface area contributed by atoms with Crippen molar-refractivity contribution in [1.29, 1.82) is 0 Å². The van der Waals surface area contributed by atoms with Gasteiger partial charge in [0.25, 0.3) is 0 Å². The molecule has 0 saturated carbocycles. The van der Waals surface area contributed by atoms with Crippen LogP contribution in [0.4, 0.5) is 0 Å². The van der Waals surface area contributed by atoms with Crippen molar-refractivity contribution < 1.29 is 44.1 Å². The van der Waals surface area contributed by atoms with Gasteiger partial charge in [0.1, 0.15) is 23.9 Å². The topological polar surface area (TPSA) is 251 Å². The molecule has 4 atom stereocenters. The molecule has 0 radical (unpaired) electrons. The zero-order valence-electron chi connectivity index (χ0n) is 21.4. The third kappa shape index (κ3) is 13.0. The summed E-state index contributed by atoms with van der Waals surface area (Å²) in [5, 5.41) is 35.2. The van der Waals surface area contributed by atoms with E-state index in [-0.39, 0.29) is 31.4 Å². The van der Waals surface area contributed by atoms with E-state index in [0.717, 1.165) is 0 Å². The molecule has 0 spiro atoms. The van der Waals surface area contributed by atoms with Gasteiger partial charge in [0.15, 0.2) is 0 Å². The van der Waals surface area contributed by atoms with Crippen molar-refractivity contribution in [3.63, 3.8) is 0 Å². The predicted octanol–water partition coefficient (Wildman–Crippen LogP) is -1.32. The number of hydrogen-bond donors (Lipinski definition) is 8. The molecule has 1 aromatic carbocycles. The lowest BCUT2D eigenvalue weighted by atomic mass is 10.0. The minimum Gasteiger partial charge on any atom is -0.508 e. The fraction of sp³-hybridized carbons (Fsp3) is 0.500. The van der Waals surface area contributed by atoms with Gasteiger partial charge in [-0.3, -0.25) is 24.0 Å². The molecule has 39 heavy (non-hydrogen) atoms. The van der Waals surface area contributed by atoms with Crippen LogP contribution in [0.1, 0.15) is 37.7 Å². The van der Waals surface area contributed by atoms with Crippen molar-refractivity contribution in [1.82, 2.24) is 16.0 Å². The van der Waals surface area contributed by atoms with Crippen LogP contribution in [-0.2, 0) is 35.2 Å². The number of hydrogen-bond acceptors (Lipinski definition) is 9. The Hall–Kier alpha value is -3.85. The van der Waals surface area contributed by atoms with E-state index in [2.05, 4.69) is 16.0 Å². The highest BCUT2D eigenvalue weighted by Gasteiger charge is 2.31. The number of thioether (sulfide) groups is 1. The second-order valence-electron chi connectivity index (χ2n) is 8.72. The molecule has 1 aromatic rings. The number of carbonyl (C=O) groups excluding carboxylic acids is 4. The summed E-state index contributed by atoms with van der Waals surface area (Å²) in [5.41, 5.74) is 11.4. The van der Waals surface area contributed by atoms with Gasteiger partial charge in [0, 0.05) is 19.3 Å². The van der Waals surface area contributed by atoms with Gasteiger partial charge in [-0.15, -0.1) is 0 Å². The first kappa shape index (κ1) is 33.2. The zero-order chi connectivity index (χ0) is 29.5. The van der Waals surface area contributed by atoms with Crippen LogP contribution < -0.4 is 27.4 Å². The average Bonchev–Trinajstić information content (AvgIpc) is 2.87. The number of rotatable bonds is 18. The molecule has 0 fully saturated rings. The summed E-state index contributed by atoms with van der Waals surface area (Å²) in [4.78, 5) is 72.6. The van der Waals surface area contributed by atoms with Gasteiger partial charge in [0.2, 0.25) is 23.6 Å². The maximum absolute atomic E-state index is 13.2. The molecular weight excluding hydrogens is 534 g/mol.